The van der Waals surface area contributed by atoms with Crippen LogP contribution in [-0.2, 0) is 0 Å². The molecular weight excluding hydrogens is 346 g/mol. The molecule has 0 aliphatic heterocycles. The van der Waals surface area contributed by atoms with Gasteiger partial charge in [-0.3, -0.25) is 5.10 Å². The summed E-state index contributed by atoms with van der Waals surface area (Å²) in [7, 11) is 0. The first-order valence-electron chi connectivity index (χ1n) is 6.41. The average Bonchev–Trinajstić information content (AvgIpc) is 3.14. The van der Waals surface area contributed by atoms with Crippen LogP contribution in [-0.4, -0.2) is 25.4 Å². The highest BCUT2D eigenvalue weighted by molar-refractivity contribution is 9.10. The zero-order valence-electron chi connectivity index (χ0n) is 11.1. The fourth-order valence-electron chi connectivity index (χ4n) is 2.31. The van der Waals surface area contributed by atoms with E-state index >= 15 is 0 Å². The average molecular weight is 354 g/mol. The topological polar surface area (TPSA) is 106 Å². The quantitative estimate of drug-likeness (QED) is 0.513. The normalized spacial score (nSPS) is 10.9. The molecule has 0 spiro atoms. The maximum atomic E-state index is 9.20. The van der Waals surface area contributed by atoms with E-state index in [1.54, 1.807) is 6.07 Å². The number of nitrogens with one attached hydrogen (secondary N) is 3. The Morgan fingerprint density at radius 1 is 1.23 bits per heavy atom. The molecule has 0 amide bonds. The van der Waals surface area contributed by atoms with Gasteiger partial charge in [0, 0.05) is 4.47 Å². The molecule has 0 radical (unpaired) electrons. The van der Waals surface area contributed by atoms with Crippen molar-refractivity contribution in [2.75, 3.05) is 5.32 Å². The van der Waals surface area contributed by atoms with E-state index in [0.29, 0.717) is 28.1 Å². The lowest BCUT2D eigenvalue weighted by Gasteiger charge is -2.04. The number of aromatic nitrogens is 5. The molecule has 0 saturated carbocycles. The molecule has 22 heavy (non-hydrogen) atoms. The third kappa shape index (κ3) is 1.91. The number of nitriles is 1. The molecule has 0 fully saturated rings. The van der Waals surface area contributed by atoms with Gasteiger partial charge in [0.15, 0.2) is 0 Å². The summed E-state index contributed by atoms with van der Waals surface area (Å²) in [5.74, 6) is 0.577. The molecule has 4 rings (SSSR count). The van der Waals surface area contributed by atoms with E-state index in [2.05, 4.69) is 52.7 Å². The van der Waals surface area contributed by atoms with Gasteiger partial charge in [-0.1, -0.05) is 17.3 Å². The summed E-state index contributed by atoms with van der Waals surface area (Å²) in [5.41, 5.74) is 3.96. The minimum atomic E-state index is 0.440. The monoisotopic (exact) mass is 353 g/mol. The van der Waals surface area contributed by atoms with Crippen LogP contribution in [0, 0.1) is 11.3 Å². The second-order valence-corrected chi connectivity index (χ2v) is 5.51. The lowest BCUT2D eigenvalue weighted by molar-refractivity contribution is 0.959. The van der Waals surface area contributed by atoms with Gasteiger partial charge < -0.3 is 10.3 Å². The Hall–Kier alpha value is -2.92. The Balaban J connectivity index is 1.88. The van der Waals surface area contributed by atoms with Crippen LogP contribution in [0.2, 0.25) is 0 Å². The van der Waals surface area contributed by atoms with Crippen molar-refractivity contribution in [2.45, 2.75) is 0 Å². The predicted octanol–water partition coefficient (Wildman–Crippen LogP) is 3.21. The van der Waals surface area contributed by atoms with Crippen LogP contribution >= 0.6 is 15.9 Å². The third-order valence-electron chi connectivity index (χ3n) is 3.31. The number of imidazole rings is 1. The highest BCUT2D eigenvalue weighted by Crippen LogP contribution is 2.28. The van der Waals surface area contributed by atoms with Crippen molar-refractivity contribution in [2.24, 2.45) is 0 Å². The molecule has 4 aromatic rings. The summed E-state index contributed by atoms with van der Waals surface area (Å²) in [4.78, 5) is 7.66. The number of halogens is 1. The van der Waals surface area contributed by atoms with Crippen molar-refractivity contribution in [3.8, 4) is 6.07 Å². The number of rotatable bonds is 2. The van der Waals surface area contributed by atoms with E-state index in [0.717, 1.165) is 15.7 Å². The predicted molar refractivity (Wildman–Crippen MR) is 85.7 cm³/mol. The number of aromatic amines is 2. The maximum Gasteiger partial charge on any atom is 0.205 e. The summed E-state index contributed by atoms with van der Waals surface area (Å²) >= 11 is 3.48. The molecule has 2 aromatic carbocycles. The SMILES string of the molecule is N#Cc1cc2nc(Nc3ccccc3Br)[nH]c2c2[nH]nnc12. The molecule has 3 N–H and O–H groups in total. The van der Waals surface area contributed by atoms with Crippen LogP contribution < -0.4 is 5.32 Å². The van der Waals surface area contributed by atoms with E-state index in [1.165, 1.54) is 0 Å². The first-order chi connectivity index (χ1) is 10.8. The van der Waals surface area contributed by atoms with E-state index < -0.39 is 0 Å². The lowest BCUT2D eigenvalue weighted by Crippen LogP contribution is -1.92. The smallest absolute Gasteiger partial charge is 0.205 e. The fraction of sp³-hybridized carbons (Fsp3) is 0. The van der Waals surface area contributed by atoms with E-state index in [-0.39, 0.29) is 0 Å². The molecule has 0 bridgehead atoms. The van der Waals surface area contributed by atoms with Crippen LogP contribution in [0.25, 0.3) is 22.1 Å². The lowest BCUT2D eigenvalue weighted by atomic mass is 10.2. The maximum absolute atomic E-state index is 9.20. The minimum Gasteiger partial charge on any atom is -0.325 e. The molecule has 2 heterocycles. The summed E-state index contributed by atoms with van der Waals surface area (Å²) < 4.78 is 0.932. The van der Waals surface area contributed by atoms with Gasteiger partial charge in [0.05, 0.1) is 22.3 Å². The minimum absolute atomic E-state index is 0.440. The number of anilines is 2. The Bertz CT molecular complexity index is 1040. The summed E-state index contributed by atoms with van der Waals surface area (Å²) in [6.45, 7) is 0. The van der Waals surface area contributed by atoms with Crippen LogP contribution in [0.1, 0.15) is 5.56 Å². The summed E-state index contributed by atoms with van der Waals surface area (Å²) in [5, 5.41) is 22.9. The molecule has 8 heteroatoms. The van der Waals surface area contributed by atoms with Crippen molar-refractivity contribution in [3.63, 3.8) is 0 Å². The Morgan fingerprint density at radius 3 is 2.91 bits per heavy atom. The van der Waals surface area contributed by atoms with Gasteiger partial charge >= 0.3 is 0 Å². The highest BCUT2D eigenvalue weighted by atomic mass is 79.9. The highest BCUT2D eigenvalue weighted by Gasteiger charge is 2.14. The molecule has 0 saturated heterocycles. The van der Waals surface area contributed by atoms with Crippen LogP contribution in [0.15, 0.2) is 34.8 Å². The van der Waals surface area contributed by atoms with E-state index in [4.69, 9.17) is 0 Å². The molecule has 0 unspecified atom stereocenters. The standard InChI is InChI=1S/C14H8BrN7/c15-8-3-1-2-4-9(8)17-14-18-10-5-7(6-16)11-13(12(10)19-14)21-22-20-11/h1-5H,(H2,17,18,19)(H,20,21,22). The molecule has 0 aliphatic carbocycles. The van der Waals surface area contributed by atoms with Gasteiger partial charge in [-0.25, -0.2) is 4.98 Å². The van der Waals surface area contributed by atoms with Crippen molar-refractivity contribution in [1.82, 2.24) is 25.4 Å². The van der Waals surface area contributed by atoms with Crippen LogP contribution in [0.5, 0.6) is 0 Å². The zero-order chi connectivity index (χ0) is 15.1. The number of nitrogens with zero attached hydrogens (tertiary/aromatic N) is 4. The van der Waals surface area contributed by atoms with Crippen molar-refractivity contribution in [1.29, 1.82) is 5.26 Å². The number of H-pyrrole nitrogens is 2. The Morgan fingerprint density at radius 2 is 2.09 bits per heavy atom. The van der Waals surface area contributed by atoms with E-state index in [1.807, 2.05) is 24.3 Å². The molecule has 106 valence electrons. The largest absolute Gasteiger partial charge is 0.325 e. The fourth-order valence-corrected chi connectivity index (χ4v) is 2.70. The zero-order valence-corrected chi connectivity index (χ0v) is 12.6. The second kappa shape index (κ2) is 4.82. The number of hydrogen-bond donors (Lipinski definition) is 3. The Labute approximate surface area is 132 Å². The van der Waals surface area contributed by atoms with Crippen molar-refractivity contribution in [3.05, 3.63) is 40.4 Å². The first-order valence-corrected chi connectivity index (χ1v) is 7.20. The molecule has 0 aliphatic rings. The van der Waals surface area contributed by atoms with Gasteiger partial charge in [0.1, 0.15) is 17.1 Å². The van der Waals surface area contributed by atoms with Gasteiger partial charge in [-0.2, -0.15) is 5.26 Å². The van der Waals surface area contributed by atoms with Gasteiger partial charge in [-0.15, -0.1) is 5.10 Å². The van der Waals surface area contributed by atoms with Crippen LogP contribution in [0.4, 0.5) is 11.6 Å². The number of hydrogen-bond acceptors (Lipinski definition) is 5. The first kappa shape index (κ1) is 12.8. The summed E-state index contributed by atoms with van der Waals surface area (Å²) in [6.07, 6.45) is 0. The van der Waals surface area contributed by atoms with Gasteiger partial charge in [-0.05, 0) is 34.1 Å². The van der Waals surface area contributed by atoms with Crippen molar-refractivity contribution >= 4 is 49.6 Å². The van der Waals surface area contributed by atoms with Crippen LogP contribution in [0.3, 0.4) is 0 Å². The second-order valence-electron chi connectivity index (χ2n) is 4.66. The molecular formula is C14H8BrN7. The Kier molecular flexibility index (Phi) is 2.80. The number of benzene rings is 2. The number of fused-ring (bicyclic) bond motifs is 3. The van der Waals surface area contributed by atoms with Gasteiger partial charge in [0.25, 0.3) is 0 Å². The van der Waals surface area contributed by atoms with E-state index in [9.17, 15) is 5.26 Å². The summed E-state index contributed by atoms with van der Waals surface area (Å²) in [6, 6.07) is 11.6. The number of para-hydroxylation sites is 1. The molecule has 2 aromatic heterocycles. The molecule has 7 nitrogen and oxygen atoms in total. The third-order valence-corrected chi connectivity index (χ3v) is 4.01. The van der Waals surface area contributed by atoms with Gasteiger partial charge in [0.2, 0.25) is 5.95 Å². The van der Waals surface area contributed by atoms with Crippen molar-refractivity contribution < 1.29 is 0 Å². The molecule has 0 atom stereocenters.